The summed E-state index contributed by atoms with van der Waals surface area (Å²) in [7, 11) is 1.82. The van der Waals surface area contributed by atoms with Crippen LogP contribution in [0.5, 0.6) is 0 Å². The molecule has 0 bridgehead atoms. The van der Waals surface area contributed by atoms with E-state index in [1.807, 2.05) is 7.05 Å². The predicted octanol–water partition coefficient (Wildman–Crippen LogP) is 2.12. The summed E-state index contributed by atoms with van der Waals surface area (Å²) in [6.45, 7) is 3.14. The van der Waals surface area contributed by atoms with Gasteiger partial charge in [-0.3, -0.25) is 4.99 Å². The Morgan fingerprint density at radius 1 is 1.35 bits per heavy atom. The highest BCUT2D eigenvalue weighted by Gasteiger charge is 2.22. The third-order valence-corrected chi connectivity index (χ3v) is 3.09. The van der Waals surface area contributed by atoms with E-state index in [9.17, 15) is 0 Å². The van der Waals surface area contributed by atoms with Crippen LogP contribution in [0.3, 0.4) is 0 Å². The normalized spacial score (nSPS) is 17.6. The Morgan fingerprint density at radius 2 is 2.06 bits per heavy atom. The van der Waals surface area contributed by atoms with E-state index in [2.05, 4.69) is 52.9 Å². The molecule has 1 atom stereocenters. The van der Waals surface area contributed by atoms with Crippen molar-refractivity contribution < 1.29 is 0 Å². The summed E-state index contributed by atoms with van der Waals surface area (Å²) >= 11 is 0. The molecule has 1 aliphatic carbocycles. The van der Waals surface area contributed by atoms with Crippen molar-refractivity contribution in [1.82, 2.24) is 10.6 Å². The Bertz CT molecular complexity index is 368. The summed E-state index contributed by atoms with van der Waals surface area (Å²) in [6.07, 6.45) is 2.55. The molecule has 1 saturated carbocycles. The quantitative estimate of drug-likeness (QED) is 0.615. The second-order valence-corrected chi connectivity index (χ2v) is 4.68. The van der Waals surface area contributed by atoms with Crippen LogP contribution in [-0.4, -0.2) is 25.6 Å². The number of hydrogen-bond acceptors (Lipinski definition) is 1. The number of guanidine groups is 1. The Hall–Kier alpha value is -1.51. The first-order valence-electron chi connectivity index (χ1n) is 6.31. The van der Waals surface area contributed by atoms with Gasteiger partial charge in [0.15, 0.2) is 5.96 Å². The summed E-state index contributed by atoms with van der Waals surface area (Å²) in [5, 5.41) is 6.76. The third-order valence-electron chi connectivity index (χ3n) is 3.09. The van der Waals surface area contributed by atoms with Gasteiger partial charge in [0.25, 0.3) is 0 Å². The lowest BCUT2D eigenvalue weighted by molar-refractivity contribution is 0.698. The molecule has 0 radical (unpaired) electrons. The fourth-order valence-electron chi connectivity index (χ4n) is 1.76. The molecular weight excluding hydrogens is 210 g/mol. The molecule has 2 rings (SSSR count). The van der Waals surface area contributed by atoms with Gasteiger partial charge in [-0.1, -0.05) is 37.3 Å². The molecule has 92 valence electrons. The molecule has 3 nitrogen and oxygen atoms in total. The van der Waals surface area contributed by atoms with Crippen LogP contribution in [0.25, 0.3) is 0 Å². The summed E-state index contributed by atoms with van der Waals surface area (Å²) < 4.78 is 0. The van der Waals surface area contributed by atoms with Gasteiger partial charge in [-0.15, -0.1) is 0 Å². The standard InChI is InChI=1S/C14H21N3/c1-11(12-6-4-3-5-7-12)10-16-14(15-2)17-13-8-9-13/h3-7,11,13H,8-10H2,1-2H3,(H2,15,16,17). The zero-order chi connectivity index (χ0) is 12.1. The van der Waals surface area contributed by atoms with E-state index >= 15 is 0 Å². The Labute approximate surface area is 103 Å². The van der Waals surface area contributed by atoms with Crippen LogP contribution in [0.1, 0.15) is 31.2 Å². The summed E-state index contributed by atoms with van der Waals surface area (Å²) in [5.41, 5.74) is 1.36. The molecule has 1 unspecified atom stereocenters. The summed E-state index contributed by atoms with van der Waals surface area (Å²) in [4.78, 5) is 4.23. The lowest BCUT2D eigenvalue weighted by Crippen LogP contribution is -2.40. The minimum atomic E-state index is 0.494. The minimum Gasteiger partial charge on any atom is -0.356 e. The highest BCUT2D eigenvalue weighted by Crippen LogP contribution is 2.18. The smallest absolute Gasteiger partial charge is 0.191 e. The molecule has 0 spiro atoms. The molecule has 1 aromatic carbocycles. The lowest BCUT2D eigenvalue weighted by atomic mass is 10.0. The minimum absolute atomic E-state index is 0.494. The van der Waals surface area contributed by atoms with Gasteiger partial charge < -0.3 is 10.6 Å². The van der Waals surface area contributed by atoms with E-state index in [-0.39, 0.29) is 0 Å². The zero-order valence-electron chi connectivity index (χ0n) is 10.6. The van der Waals surface area contributed by atoms with Gasteiger partial charge in [0, 0.05) is 19.6 Å². The second-order valence-electron chi connectivity index (χ2n) is 4.68. The maximum atomic E-state index is 4.23. The van der Waals surface area contributed by atoms with Crippen molar-refractivity contribution in [3.63, 3.8) is 0 Å². The van der Waals surface area contributed by atoms with Gasteiger partial charge in [-0.25, -0.2) is 0 Å². The van der Waals surface area contributed by atoms with Crippen molar-refractivity contribution >= 4 is 5.96 Å². The van der Waals surface area contributed by atoms with Crippen LogP contribution in [0.15, 0.2) is 35.3 Å². The van der Waals surface area contributed by atoms with Gasteiger partial charge in [0.2, 0.25) is 0 Å². The number of hydrogen-bond donors (Lipinski definition) is 2. The number of nitrogens with one attached hydrogen (secondary N) is 2. The van der Waals surface area contributed by atoms with Crippen molar-refractivity contribution in [2.24, 2.45) is 4.99 Å². The molecule has 1 aliphatic rings. The summed E-state index contributed by atoms with van der Waals surface area (Å²) in [5.74, 6) is 1.42. The largest absolute Gasteiger partial charge is 0.356 e. The van der Waals surface area contributed by atoms with Gasteiger partial charge in [-0.05, 0) is 24.3 Å². The molecule has 0 heterocycles. The number of rotatable bonds is 4. The van der Waals surface area contributed by atoms with E-state index < -0.39 is 0 Å². The third kappa shape index (κ3) is 3.77. The van der Waals surface area contributed by atoms with E-state index in [0.29, 0.717) is 12.0 Å². The first-order valence-corrected chi connectivity index (χ1v) is 6.31. The zero-order valence-corrected chi connectivity index (χ0v) is 10.6. The van der Waals surface area contributed by atoms with Gasteiger partial charge in [0.1, 0.15) is 0 Å². The monoisotopic (exact) mass is 231 g/mol. The average molecular weight is 231 g/mol. The second kappa shape index (κ2) is 5.71. The van der Waals surface area contributed by atoms with Gasteiger partial charge in [-0.2, -0.15) is 0 Å². The van der Waals surface area contributed by atoms with Crippen LogP contribution in [0, 0.1) is 0 Å². The van der Waals surface area contributed by atoms with Crippen molar-refractivity contribution in [3.05, 3.63) is 35.9 Å². The molecule has 1 fully saturated rings. The molecule has 1 aromatic rings. The SMILES string of the molecule is CN=C(NCC(C)c1ccccc1)NC1CC1. The highest BCUT2D eigenvalue weighted by molar-refractivity contribution is 5.80. The molecule has 0 aliphatic heterocycles. The van der Waals surface area contributed by atoms with Crippen LogP contribution in [-0.2, 0) is 0 Å². The fourth-order valence-corrected chi connectivity index (χ4v) is 1.76. The molecule has 3 heteroatoms. The fraction of sp³-hybridized carbons (Fsp3) is 0.500. The Kier molecular flexibility index (Phi) is 4.02. The van der Waals surface area contributed by atoms with E-state index in [1.54, 1.807) is 0 Å². The molecule has 17 heavy (non-hydrogen) atoms. The maximum Gasteiger partial charge on any atom is 0.191 e. The number of benzene rings is 1. The van der Waals surface area contributed by atoms with Crippen molar-refractivity contribution in [3.8, 4) is 0 Å². The average Bonchev–Trinajstić information content (AvgIpc) is 3.19. The van der Waals surface area contributed by atoms with Gasteiger partial charge >= 0.3 is 0 Å². The predicted molar refractivity (Wildman–Crippen MR) is 72.4 cm³/mol. The molecule has 0 amide bonds. The molecule has 0 saturated heterocycles. The highest BCUT2D eigenvalue weighted by atomic mass is 15.2. The van der Waals surface area contributed by atoms with Crippen LogP contribution >= 0.6 is 0 Å². The van der Waals surface area contributed by atoms with Crippen molar-refractivity contribution in [2.45, 2.75) is 31.7 Å². The van der Waals surface area contributed by atoms with E-state index in [4.69, 9.17) is 0 Å². The Balaban J connectivity index is 1.80. The number of aliphatic imine (C=N–C) groups is 1. The van der Waals surface area contributed by atoms with E-state index in [0.717, 1.165) is 12.5 Å². The van der Waals surface area contributed by atoms with Crippen molar-refractivity contribution in [1.29, 1.82) is 0 Å². The van der Waals surface area contributed by atoms with Crippen LogP contribution < -0.4 is 10.6 Å². The molecule has 2 N–H and O–H groups in total. The van der Waals surface area contributed by atoms with Gasteiger partial charge in [0.05, 0.1) is 0 Å². The first kappa shape index (κ1) is 12.0. The Morgan fingerprint density at radius 3 is 2.65 bits per heavy atom. The number of nitrogens with zero attached hydrogens (tertiary/aromatic N) is 1. The topological polar surface area (TPSA) is 36.4 Å². The van der Waals surface area contributed by atoms with E-state index in [1.165, 1.54) is 18.4 Å². The first-order chi connectivity index (χ1) is 8.29. The maximum absolute atomic E-state index is 4.23. The van der Waals surface area contributed by atoms with Crippen LogP contribution in [0.4, 0.5) is 0 Å². The van der Waals surface area contributed by atoms with Crippen molar-refractivity contribution in [2.75, 3.05) is 13.6 Å². The summed E-state index contributed by atoms with van der Waals surface area (Å²) in [6, 6.07) is 11.2. The lowest BCUT2D eigenvalue weighted by Gasteiger charge is -2.16. The molecule has 0 aromatic heterocycles. The van der Waals surface area contributed by atoms with Crippen LogP contribution in [0.2, 0.25) is 0 Å². The molecular formula is C14H21N3.